The Hall–Kier alpha value is -1.55. The van der Waals surface area contributed by atoms with E-state index in [1.54, 1.807) is 0 Å². The van der Waals surface area contributed by atoms with Crippen LogP contribution < -0.4 is 4.74 Å². The molecule has 112 valence electrons. The third-order valence-corrected chi connectivity index (χ3v) is 3.48. The van der Waals surface area contributed by atoms with Crippen molar-refractivity contribution in [1.29, 1.82) is 0 Å². The van der Waals surface area contributed by atoms with Crippen LogP contribution in [-0.4, -0.2) is 36.3 Å². The molecule has 0 amide bonds. The maximum absolute atomic E-state index is 9.17. The van der Waals surface area contributed by atoms with Crippen molar-refractivity contribution < 1.29 is 9.84 Å². The molecule has 3 nitrogen and oxygen atoms in total. The minimum Gasteiger partial charge on any atom is -0.491 e. The molecule has 21 heavy (non-hydrogen) atoms. The Bertz CT molecular complexity index is 533. The van der Waals surface area contributed by atoms with E-state index in [9.17, 15) is 5.11 Å². The van der Waals surface area contributed by atoms with Gasteiger partial charge in [0.2, 0.25) is 0 Å². The highest BCUT2D eigenvalue weighted by Crippen LogP contribution is 2.22. The third-order valence-electron chi connectivity index (χ3n) is 3.17. The number of rotatable bonds is 8. The summed E-state index contributed by atoms with van der Waals surface area (Å²) >= 11 is 6.05. The molecule has 0 unspecified atom stereocenters. The molecule has 2 aromatic carbocycles. The number of hydrogen-bond acceptors (Lipinski definition) is 3. The van der Waals surface area contributed by atoms with E-state index in [0.717, 1.165) is 13.1 Å². The predicted molar refractivity (Wildman–Crippen MR) is 85.8 cm³/mol. The molecule has 2 rings (SSSR count). The van der Waals surface area contributed by atoms with Crippen molar-refractivity contribution in [3.05, 3.63) is 65.2 Å². The lowest BCUT2D eigenvalue weighted by Crippen LogP contribution is -2.30. The zero-order valence-electron chi connectivity index (χ0n) is 11.9. The van der Waals surface area contributed by atoms with Crippen molar-refractivity contribution in [2.45, 2.75) is 6.54 Å². The summed E-state index contributed by atoms with van der Waals surface area (Å²) in [6, 6.07) is 17.7. The number of nitrogens with zero attached hydrogens (tertiary/aromatic N) is 1. The normalized spacial score (nSPS) is 10.8. The van der Waals surface area contributed by atoms with E-state index in [1.165, 1.54) is 5.56 Å². The molecule has 4 heteroatoms. The lowest BCUT2D eigenvalue weighted by Gasteiger charge is -2.21. The highest BCUT2D eigenvalue weighted by atomic mass is 35.5. The Labute approximate surface area is 130 Å². The van der Waals surface area contributed by atoms with Crippen LogP contribution in [0.2, 0.25) is 5.02 Å². The Morgan fingerprint density at radius 2 is 1.67 bits per heavy atom. The van der Waals surface area contributed by atoms with Gasteiger partial charge in [0.25, 0.3) is 0 Å². The van der Waals surface area contributed by atoms with Gasteiger partial charge in [0, 0.05) is 19.6 Å². The van der Waals surface area contributed by atoms with Gasteiger partial charge in [-0.05, 0) is 17.7 Å². The molecule has 0 aliphatic heterocycles. The van der Waals surface area contributed by atoms with Crippen LogP contribution in [0.3, 0.4) is 0 Å². The highest BCUT2D eigenvalue weighted by Gasteiger charge is 2.06. The summed E-state index contributed by atoms with van der Waals surface area (Å²) in [6.07, 6.45) is 0. The summed E-state index contributed by atoms with van der Waals surface area (Å²) in [7, 11) is 0. The molecule has 0 radical (unpaired) electrons. The zero-order chi connectivity index (χ0) is 14.9. The second-order valence-electron chi connectivity index (χ2n) is 4.76. The van der Waals surface area contributed by atoms with Crippen LogP contribution in [0.15, 0.2) is 54.6 Å². The maximum atomic E-state index is 9.17. The van der Waals surface area contributed by atoms with E-state index in [2.05, 4.69) is 17.0 Å². The molecular formula is C17H20ClNO2. The highest BCUT2D eigenvalue weighted by molar-refractivity contribution is 6.32. The standard InChI is InChI=1S/C17H20ClNO2/c18-16-8-4-5-9-17(16)21-13-11-19(10-12-20)14-15-6-2-1-3-7-15/h1-9,20H,10-14H2. The maximum Gasteiger partial charge on any atom is 0.137 e. The first-order valence-electron chi connectivity index (χ1n) is 7.04. The van der Waals surface area contributed by atoms with Gasteiger partial charge in [0.15, 0.2) is 0 Å². The van der Waals surface area contributed by atoms with Crippen molar-refractivity contribution in [3.8, 4) is 5.75 Å². The van der Waals surface area contributed by atoms with Gasteiger partial charge < -0.3 is 9.84 Å². The molecule has 0 spiro atoms. The Balaban J connectivity index is 1.84. The molecule has 0 atom stereocenters. The summed E-state index contributed by atoms with van der Waals surface area (Å²) in [5, 5.41) is 9.79. The van der Waals surface area contributed by atoms with Crippen molar-refractivity contribution in [2.75, 3.05) is 26.3 Å². The SMILES string of the molecule is OCCN(CCOc1ccccc1Cl)Cc1ccccc1. The minimum absolute atomic E-state index is 0.138. The van der Waals surface area contributed by atoms with Crippen molar-refractivity contribution in [3.63, 3.8) is 0 Å². The third kappa shape index (κ3) is 5.38. The van der Waals surface area contributed by atoms with Gasteiger partial charge in [-0.3, -0.25) is 4.90 Å². The van der Waals surface area contributed by atoms with Crippen molar-refractivity contribution in [2.24, 2.45) is 0 Å². The first kappa shape index (κ1) is 15.8. The smallest absolute Gasteiger partial charge is 0.137 e. The quantitative estimate of drug-likeness (QED) is 0.813. The topological polar surface area (TPSA) is 32.7 Å². The molecule has 0 aromatic heterocycles. The van der Waals surface area contributed by atoms with E-state index >= 15 is 0 Å². The molecular weight excluding hydrogens is 286 g/mol. The van der Waals surface area contributed by atoms with Crippen LogP contribution in [0.1, 0.15) is 5.56 Å². The molecule has 0 heterocycles. The monoisotopic (exact) mass is 305 g/mol. The Morgan fingerprint density at radius 1 is 0.952 bits per heavy atom. The second-order valence-corrected chi connectivity index (χ2v) is 5.17. The number of ether oxygens (including phenoxy) is 1. The molecule has 0 aliphatic carbocycles. The molecule has 0 aliphatic rings. The van der Waals surface area contributed by atoms with Crippen molar-refractivity contribution in [1.82, 2.24) is 4.90 Å². The molecule has 0 saturated carbocycles. The molecule has 0 bridgehead atoms. The van der Waals surface area contributed by atoms with Crippen LogP contribution in [-0.2, 0) is 6.54 Å². The lowest BCUT2D eigenvalue weighted by atomic mass is 10.2. The van der Waals surface area contributed by atoms with Gasteiger partial charge in [-0.2, -0.15) is 0 Å². The summed E-state index contributed by atoms with van der Waals surface area (Å²) in [5.41, 5.74) is 1.23. The lowest BCUT2D eigenvalue weighted by molar-refractivity contribution is 0.163. The summed E-state index contributed by atoms with van der Waals surface area (Å²) < 4.78 is 5.70. The fraction of sp³-hybridized carbons (Fsp3) is 0.294. The van der Waals surface area contributed by atoms with E-state index in [1.807, 2.05) is 42.5 Å². The van der Waals surface area contributed by atoms with Crippen LogP contribution in [0.25, 0.3) is 0 Å². The average molecular weight is 306 g/mol. The van der Waals surface area contributed by atoms with E-state index in [-0.39, 0.29) is 6.61 Å². The van der Waals surface area contributed by atoms with Gasteiger partial charge in [-0.1, -0.05) is 54.1 Å². The van der Waals surface area contributed by atoms with E-state index in [4.69, 9.17) is 16.3 Å². The fourth-order valence-electron chi connectivity index (χ4n) is 2.10. The molecule has 0 saturated heterocycles. The van der Waals surface area contributed by atoms with Crippen LogP contribution in [0.5, 0.6) is 5.75 Å². The molecule has 0 fully saturated rings. The van der Waals surface area contributed by atoms with Gasteiger partial charge in [-0.15, -0.1) is 0 Å². The Morgan fingerprint density at radius 3 is 2.38 bits per heavy atom. The largest absolute Gasteiger partial charge is 0.491 e. The number of benzene rings is 2. The van der Waals surface area contributed by atoms with Crippen LogP contribution in [0.4, 0.5) is 0 Å². The van der Waals surface area contributed by atoms with Crippen LogP contribution in [0, 0.1) is 0 Å². The minimum atomic E-state index is 0.138. The summed E-state index contributed by atoms with van der Waals surface area (Å²) in [5.74, 6) is 0.697. The van der Waals surface area contributed by atoms with Gasteiger partial charge in [-0.25, -0.2) is 0 Å². The van der Waals surface area contributed by atoms with Crippen molar-refractivity contribution >= 4 is 11.6 Å². The first-order valence-corrected chi connectivity index (χ1v) is 7.42. The fourth-order valence-corrected chi connectivity index (χ4v) is 2.29. The molecule has 2 aromatic rings. The zero-order valence-corrected chi connectivity index (χ0v) is 12.7. The number of aliphatic hydroxyl groups is 1. The number of para-hydroxylation sites is 1. The second kappa shape index (κ2) is 8.67. The van der Waals surface area contributed by atoms with Crippen LogP contribution >= 0.6 is 11.6 Å². The summed E-state index contributed by atoms with van der Waals surface area (Å²) in [6.45, 7) is 2.84. The number of aliphatic hydroxyl groups excluding tert-OH is 1. The Kier molecular flexibility index (Phi) is 6.54. The first-order chi connectivity index (χ1) is 10.3. The number of hydrogen-bond donors (Lipinski definition) is 1. The number of halogens is 1. The summed E-state index contributed by atoms with van der Waals surface area (Å²) in [4.78, 5) is 2.16. The average Bonchev–Trinajstić information content (AvgIpc) is 2.50. The van der Waals surface area contributed by atoms with Gasteiger partial charge >= 0.3 is 0 Å². The predicted octanol–water partition coefficient (Wildman–Crippen LogP) is 3.21. The van der Waals surface area contributed by atoms with E-state index < -0.39 is 0 Å². The van der Waals surface area contributed by atoms with E-state index in [0.29, 0.717) is 23.9 Å². The van der Waals surface area contributed by atoms with Gasteiger partial charge in [0.1, 0.15) is 12.4 Å². The van der Waals surface area contributed by atoms with Gasteiger partial charge in [0.05, 0.1) is 11.6 Å². The molecule has 1 N–H and O–H groups in total.